The van der Waals surface area contributed by atoms with E-state index in [0.29, 0.717) is 6.10 Å². The van der Waals surface area contributed by atoms with Gasteiger partial charge in [0.15, 0.2) is 6.29 Å². The molecule has 1 aromatic carbocycles. The first-order valence-corrected chi connectivity index (χ1v) is 7.75. The highest BCUT2D eigenvalue weighted by atomic mass is 16.7. The van der Waals surface area contributed by atoms with Crippen molar-refractivity contribution in [1.29, 1.82) is 0 Å². The molecule has 4 nitrogen and oxygen atoms in total. The van der Waals surface area contributed by atoms with Gasteiger partial charge >= 0.3 is 0 Å². The lowest BCUT2D eigenvalue weighted by Gasteiger charge is -2.18. The number of ether oxygens (including phenoxy) is 3. The molecule has 0 aliphatic carbocycles. The van der Waals surface area contributed by atoms with Gasteiger partial charge in [0.05, 0.1) is 12.7 Å². The molecule has 1 atom stereocenters. The van der Waals surface area contributed by atoms with E-state index in [-0.39, 0.29) is 6.29 Å². The zero-order valence-corrected chi connectivity index (χ0v) is 13.2. The first-order chi connectivity index (χ1) is 10.3. The van der Waals surface area contributed by atoms with Crippen molar-refractivity contribution in [3.05, 3.63) is 35.9 Å². The molecular weight excluding hydrogens is 266 g/mol. The van der Waals surface area contributed by atoms with E-state index in [1.54, 1.807) is 14.2 Å². The van der Waals surface area contributed by atoms with E-state index < -0.39 is 0 Å². The fourth-order valence-electron chi connectivity index (χ4n) is 2.74. The Morgan fingerprint density at radius 1 is 1.19 bits per heavy atom. The van der Waals surface area contributed by atoms with Crippen molar-refractivity contribution < 1.29 is 14.2 Å². The van der Waals surface area contributed by atoms with E-state index in [9.17, 15) is 0 Å². The van der Waals surface area contributed by atoms with Crippen molar-refractivity contribution in [2.45, 2.75) is 38.3 Å². The Kier molecular flexibility index (Phi) is 7.16. The summed E-state index contributed by atoms with van der Waals surface area (Å²) in [6.07, 6.45) is 3.46. The number of nitrogens with zero attached hydrogens (tertiary/aromatic N) is 1. The quantitative estimate of drug-likeness (QED) is 0.655. The molecule has 1 aliphatic rings. The summed E-state index contributed by atoms with van der Waals surface area (Å²) in [6.45, 7) is 3.98. The fourth-order valence-corrected chi connectivity index (χ4v) is 2.74. The molecule has 1 saturated heterocycles. The first-order valence-electron chi connectivity index (χ1n) is 7.75. The average molecular weight is 293 g/mol. The van der Waals surface area contributed by atoms with E-state index in [2.05, 4.69) is 29.2 Å². The molecule has 0 saturated carbocycles. The minimum absolute atomic E-state index is 0.0715. The Labute approximate surface area is 128 Å². The molecule has 0 spiro atoms. The van der Waals surface area contributed by atoms with Gasteiger partial charge in [-0.3, -0.25) is 0 Å². The van der Waals surface area contributed by atoms with Gasteiger partial charge in [0.2, 0.25) is 0 Å². The fraction of sp³-hybridized carbons (Fsp3) is 0.647. The summed E-state index contributed by atoms with van der Waals surface area (Å²) in [5, 5.41) is 0. The average Bonchev–Trinajstić information content (AvgIpc) is 2.98. The van der Waals surface area contributed by atoms with Crippen LogP contribution in [-0.2, 0) is 20.8 Å². The van der Waals surface area contributed by atoms with Crippen LogP contribution in [0.25, 0.3) is 0 Å². The van der Waals surface area contributed by atoms with Crippen LogP contribution in [0.15, 0.2) is 30.3 Å². The zero-order valence-electron chi connectivity index (χ0n) is 13.2. The molecule has 0 aromatic heterocycles. The van der Waals surface area contributed by atoms with Crippen LogP contribution in [0.4, 0.5) is 0 Å². The predicted molar refractivity (Wildman–Crippen MR) is 83.1 cm³/mol. The van der Waals surface area contributed by atoms with Crippen LogP contribution in [0.1, 0.15) is 24.8 Å². The third-order valence-electron chi connectivity index (χ3n) is 4.00. The SMILES string of the molecule is COC(CCCN1CC[C@@H](OCc2ccccc2)C1)OC. The summed E-state index contributed by atoms with van der Waals surface area (Å²) < 4.78 is 16.4. The van der Waals surface area contributed by atoms with Gasteiger partial charge in [-0.1, -0.05) is 30.3 Å². The molecule has 0 amide bonds. The van der Waals surface area contributed by atoms with Crippen molar-refractivity contribution in [3.63, 3.8) is 0 Å². The van der Waals surface area contributed by atoms with E-state index in [0.717, 1.165) is 45.5 Å². The lowest BCUT2D eigenvalue weighted by Crippen LogP contribution is -2.25. The van der Waals surface area contributed by atoms with Crippen LogP contribution in [0.3, 0.4) is 0 Å². The van der Waals surface area contributed by atoms with E-state index >= 15 is 0 Å². The smallest absolute Gasteiger partial charge is 0.156 e. The van der Waals surface area contributed by atoms with E-state index in [1.165, 1.54) is 5.56 Å². The van der Waals surface area contributed by atoms with E-state index in [4.69, 9.17) is 14.2 Å². The minimum atomic E-state index is -0.0715. The largest absolute Gasteiger partial charge is 0.372 e. The maximum absolute atomic E-state index is 6.00. The molecule has 0 unspecified atom stereocenters. The molecule has 4 heteroatoms. The summed E-state index contributed by atoms with van der Waals surface area (Å²) in [5.74, 6) is 0. The highest BCUT2D eigenvalue weighted by Crippen LogP contribution is 2.16. The Balaban J connectivity index is 1.60. The topological polar surface area (TPSA) is 30.9 Å². The number of likely N-dealkylation sites (tertiary alicyclic amines) is 1. The van der Waals surface area contributed by atoms with Gasteiger partial charge in [-0.2, -0.15) is 0 Å². The van der Waals surface area contributed by atoms with Crippen molar-refractivity contribution in [2.75, 3.05) is 33.9 Å². The zero-order chi connectivity index (χ0) is 14.9. The monoisotopic (exact) mass is 293 g/mol. The highest BCUT2D eigenvalue weighted by molar-refractivity contribution is 5.13. The van der Waals surface area contributed by atoms with Crippen molar-refractivity contribution in [1.82, 2.24) is 4.90 Å². The van der Waals surface area contributed by atoms with Crippen LogP contribution in [0, 0.1) is 0 Å². The Bertz CT molecular complexity index is 381. The van der Waals surface area contributed by atoms with Crippen molar-refractivity contribution in [3.8, 4) is 0 Å². The molecule has 1 aromatic rings. The maximum atomic E-state index is 6.00. The Hall–Kier alpha value is -0.940. The van der Waals surface area contributed by atoms with Gasteiger partial charge < -0.3 is 19.1 Å². The van der Waals surface area contributed by atoms with Gasteiger partial charge in [0.25, 0.3) is 0 Å². The lowest BCUT2D eigenvalue weighted by atomic mass is 10.2. The summed E-state index contributed by atoms with van der Waals surface area (Å²) in [5.41, 5.74) is 1.25. The first kappa shape index (κ1) is 16.4. The van der Waals surface area contributed by atoms with Gasteiger partial charge in [0, 0.05) is 27.3 Å². The molecule has 0 radical (unpaired) electrons. The summed E-state index contributed by atoms with van der Waals surface area (Å²) >= 11 is 0. The number of methoxy groups -OCH3 is 2. The van der Waals surface area contributed by atoms with Crippen LogP contribution in [-0.4, -0.2) is 51.1 Å². The van der Waals surface area contributed by atoms with Crippen LogP contribution < -0.4 is 0 Å². The predicted octanol–water partition coefficient (Wildman–Crippen LogP) is 2.68. The number of hydrogen-bond acceptors (Lipinski definition) is 4. The van der Waals surface area contributed by atoms with Crippen LogP contribution >= 0.6 is 0 Å². The summed E-state index contributed by atoms with van der Waals surface area (Å²) in [4.78, 5) is 2.47. The molecule has 1 heterocycles. The Morgan fingerprint density at radius 3 is 2.67 bits per heavy atom. The van der Waals surface area contributed by atoms with E-state index in [1.807, 2.05) is 6.07 Å². The molecule has 2 rings (SSSR count). The standard InChI is InChI=1S/C17H27NO3/c1-19-17(20-2)9-6-11-18-12-10-16(13-18)21-14-15-7-4-3-5-8-15/h3-5,7-8,16-17H,6,9-14H2,1-2H3/t16-/m1/s1. The number of hydrogen-bond donors (Lipinski definition) is 0. The molecule has 0 bridgehead atoms. The van der Waals surface area contributed by atoms with Gasteiger partial charge in [-0.25, -0.2) is 0 Å². The number of rotatable bonds is 9. The van der Waals surface area contributed by atoms with Crippen LogP contribution in [0.2, 0.25) is 0 Å². The second-order valence-corrected chi connectivity index (χ2v) is 5.55. The summed E-state index contributed by atoms with van der Waals surface area (Å²) in [7, 11) is 3.38. The highest BCUT2D eigenvalue weighted by Gasteiger charge is 2.22. The van der Waals surface area contributed by atoms with Gasteiger partial charge in [-0.15, -0.1) is 0 Å². The normalized spacial score (nSPS) is 19.5. The van der Waals surface area contributed by atoms with Gasteiger partial charge in [-0.05, 0) is 31.4 Å². The van der Waals surface area contributed by atoms with Crippen LogP contribution in [0.5, 0.6) is 0 Å². The molecule has 0 N–H and O–H groups in total. The molecule has 1 fully saturated rings. The second-order valence-electron chi connectivity index (χ2n) is 5.55. The molecule has 1 aliphatic heterocycles. The summed E-state index contributed by atoms with van der Waals surface area (Å²) in [6, 6.07) is 10.4. The number of benzene rings is 1. The van der Waals surface area contributed by atoms with Gasteiger partial charge in [0.1, 0.15) is 0 Å². The van der Waals surface area contributed by atoms with Crippen molar-refractivity contribution >= 4 is 0 Å². The molecular formula is C17H27NO3. The lowest BCUT2D eigenvalue weighted by molar-refractivity contribution is -0.107. The second kappa shape index (κ2) is 9.15. The van der Waals surface area contributed by atoms with Crippen molar-refractivity contribution in [2.24, 2.45) is 0 Å². The molecule has 21 heavy (non-hydrogen) atoms. The maximum Gasteiger partial charge on any atom is 0.156 e. The minimum Gasteiger partial charge on any atom is -0.372 e. The molecule has 118 valence electrons. The third-order valence-corrected chi connectivity index (χ3v) is 4.00. The Morgan fingerprint density at radius 2 is 1.95 bits per heavy atom. The third kappa shape index (κ3) is 5.75.